The highest BCUT2D eigenvalue weighted by atomic mass is 35.5. The smallest absolute Gasteiger partial charge is 0.253 e. The zero-order valence-corrected chi connectivity index (χ0v) is 16.2. The highest BCUT2D eigenvalue weighted by Gasteiger charge is 2.26. The van der Waals surface area contributed by atoms with Crippen molar-refractivity contribution in [3.8, 4) is 0 Å². The molecule has 3 rings (SSSR count). The number of carbonyl (C=O) groups excluding carboxylic acids is 2. The lowest BCUT2D eigenvalue weighted by molar-refractivity contribution is -0.120. The van der Waals surface area contributed by atoms with Crippen molar-refractivity contribution in [1.82, 2.24) is 9.80 Å². The normalized spacial score (nSPS) is 16.4. The summed E-state index contributed by atoms with van der Waals surface area (Å²) in [6.45, 7) is 4.68. The molecular formula is C21H24ClN3O2. The minimum atomic E-state index is -0.271. The molecule has 0 aromatic heterocycles. The molecule has 1 N–H and O–H groups in total. The van der Waals surface area contributed by atoms with E-state index in [1.807, 2.05) is 42.2 Å². The molecule has 1 unspecified atom stereocenters. The summed E-state index contributed by atoms with van der Waals surface area (Å²) in [5.41, 5.74) is 1.44. The molecular weight excluding hydrogens is 362 g/mol. The molecule has 1 fully saturated rings. The van der Waals surface area contributed by atoms with Gasteiger partial charge in [-0.2, -0.15) is 0 Å². The lowest BCUT2D eigenvalue weighted by atomic mass is 10.2. The fourth-order valence-corrected chi connectivity index (χ4v) is 3.36. The van der Waals surface area contributed by atoms with Gasteiger partial charge in [0.05, 0.1) is 6.04 Å². The molecule has 0 bridgehead atoms. The first kappa shape index (κ1) is 19.4. The zero-order valence-electron chi connectivity index (χ0n) is 15.4. The third-order valence-corrected chi connectivity index (χ3v) is 5.13. The molecule has 1 heterocycles. The second-order valence-corrected chi connectivity index (χ2v) is 7.16. The first-order chi connectivity index (χ1) is 13.0. The van der Waals surface area contributed by atoms with Crippen molar-refractivity contribution in [3.05, 3.63) is 65.2 Å². The monoisotopic (exact) mass is 385 g/mol. The summed E-state index contributed by atoms with van der Waals surface area (Å²) in [5.74, 6) is -0.00382. The molecule has 1 saturated heterocycles. The molecule has 142 valence electrons. The third-order valence-electron chi connectivity index (χ3n) is 4.88. The average Bonchev–Trinajstić information content (AvgIpc) is 2.95. The number of rotatable bonds is 4. The van der Waals surface area contributed by atoms with Crippen LogP contribution < -0.4 is 5.32 Å². The summed E-state index contributed by atoms with van der Waals surface area (Å²) in [7, 11) is 0. The van der Waals surface area contributed by atoms with Gasteiger partial charge in [-0.25, -0.2) is 0 Å². The van der Waals surface area contributed by atoms with E-state index < -0.39 is 0 Å². The molecule has 0 spiro atoms. The number of anilines is 1. The van der Waals surface area contributed by atoms with Gasteiger partial charge in [-0.1, -0.05) is 29.8 Å². The summed E-state index contributed by atoms with van der Waals surface area (Å²) in [5, 5.41) is 3.56. The van der Waals surface area contributed by atoms with Gasteiger partial charge in [-0.15, -0.1) is 0 Å². The minimum Gasteiger partial charge on any atom is -0.337 e. The molecule has 1 aliphatic rings. The Bertz CT molecular complexity index is 780. The Kier molecular flexibility index (Phi) is 6.48. The van der Waals surface area contributed by atoms with Gasteiger partial charge < -0.3 is 10.2 Å². The van der Waals surface area contributed by atoms with Crippen LogP contribution in [0, 0.1) is 0 Å². The van der Waals surface area contributed by atoms with E-state index in [1.54, 1.807) is 24.3 Å². The van der Waals surface area contributed by atoms with Crippen LogP contribution in [0.3, 0.4) is 0 Å². The number of halogens is 1. The van der Waals surface area contributed by atoms with Crippen molar-refractivity contribution in [3.63, 3.8) is 0 Å². The standard InChI is InChI=1S/C21H24ClN3O2/c1-16(20(26)23-19-10-8-18(22)9-11-19)24-12-5-13-25(15-14-24)21(27)17-6-3-2-4-7-17/h2-4,6-11,16H,5,12-15H2,1H3,(H,23,26). The van der Waals surface area contributed by atoms with E-state index in [0.717, 1.165) is 18.7 Å². The largest absolute Gasteiger partial charge is 0.337 e. The molecule has 27 heavy (non-hydrogen) atoms. The lowest BCUT2D eigenvalue weighted by Gasteiger charge is -2.27. The summed E-state index contributed by atoms with van der Waals surface area (Å²) >= 11 is 5.88. The van der Waals surface area contributed by atoms with Crippen LogP contribution in [0.4, 0.5) is 5.69 Å². The maximum absolute atomic E-state index is 12.6. The van der Waals surface area contributed by atoms with Crippen molar-refractivity contribution < 1.29 is 9.59 Å². The number of amides is 2. The van der Waals surface area contributed by atoms with Gasteiger partial charge in [0.1, 0.15) is 0 Å². The molecule has 2 amide bonds. The third kappa shape index (κ3) is 5.08. The van der Waals surface area contributed by atoms with Crippen molar-refractivity contribution in [2.75, 3.05) is 31.5 Å². The Labute approximate surface area is 164 Å². The SMILES string of the molecule is CC(C(=O)Nc1ccc(Cl)cc1)N1CCCN(C(=O)c2ccccc2)CC1. The highest BCUT2D eigenvalue weighted by molar-refractivity contribution is 6.30. The molecule has 5 nitrogen and oxygen atoms in total. The number of carbonyl (C=O) groups is 2. The van der Waals surface area contributed by atoms with Gasteiger partial charge in [0, 0.05) is 42.5 Å². The molecule has 2 aromatic carbocycles. The predicted octanol–water partition coefficient (Wildman–Crippen LogP) is 3.52. The van der Waals surface area contributed by atoms with Crippen molar-refractivity contribution in [2.24, 2.45) is 0 Å². The van der Waals surface area contributed by atoms with Crippen LogP contribution in [0.25, 0.3) is 0 Å². The fourth-order valence-electron chi connectivity index (χ4n) is 3.24. The summed E-state index contributed by atoms with van der Waals surface area (Å²) < 4.78 is 0. The van der Waals surface area contributed by atoms with Crippen molar-refractivity contribution in [2.45, 2.75) is 19.4 Å². The number of hydrogen-bond donors (Lipinski definition) is 1. The van der Waals surface area contributed by atoms with Crippen LogP contribution in [0.5, 0.6) is 0 Å². The van der Waals surface area contributed by atoms with Gasteiger partial charge in [0.25, 0.3) is 5.91 Å². The van der Waals surface area contributed by atoms with Gasteiger partial charge in [-0.05, 0) is 49.7 Å². The number of hydrogen-bond acceptors (Lipinski definition) is 3. The average molecular weight is 386 g/mol. The van der Waals surface area contributed by atoms with E-state index in [-0.39, 0.29) is 17.9 Å². The maximum atomic E-state index is 12.6. The van der Waals surface area contributed by atoms with Crippen LogP contribution in [-0.4, -0.2) is 53.8 Å². The topological polar surface area (TPSA) is 52.7 Å². The van der Waals surface area contributed by atoms with Crippen LogP contribution in [0.1, 0.15) is 23.7 Å². The van der Waals surface area contributed by atoms with Crippen LogP contribution in [0.15, 0.2) is 54.6 Å². The Morgan fingerprint density at radius 2 is 1.67 bits per heavy atom. The van der Waals surface area contributed by atoms with E-state index >= 15 is 0 Å². The maximum Gasteiger partial charge on any atom is 0.253 e. The van der Waals surface area contributed by atoms with E-state index in [0.29, 0.717) is 30.2 Å². The second kappa shape index (κ2) is 9.02. The van der Waals surface area contributed by atoms with Gasteiger partial charge in [0.15, 0.2) is 0 Å². The molecule has 0 saturated carbocycles. The Morgan fingerprint density at radius 1 is 0.963 bits per heavy atom. The molecule has 0 aliphatic carbocycles. The molecule has 1 atom stereocenters. The fraction of sp³-hybridized carbons (Fsp3) is 0.333. The van der Waals surface area contributed by atoms with E-state index in [2.05, 4.69) is 10.2 Å². The Balaban J connectivity index is 1.57. The van der Waals surface area contributed by atoms with Crippen LogP contribution >= 0.6 is 11.6 Å². The summed E-state index contributed by atoms with van der Waals surface area (Å²) in [6.07, 6.45) is 0.844. The molecule has 6 heteroatoms. The van der Waals surface area contributed by atoms with E-state index in [4.69, 9.17) is 11.6 Å². The van der Waals surface area contributed by atoms with E-state index in [9.17, 15) is 9.59 Å². The second-order valence-electron chi connectivity index (χ2n) is 6.72. The highest BCUT2D eigenvalue weighted by Crippen LogP contribution is 2.15. The van der Waals surface area contributed by atoms with E-state index in [1.165, 1.54) is 0 Å². The van der Waals surface area contributed by atoms with Crippen LogP contribution in [-0.2, 0) is 4.79 Å². The zero-order chi connectivity index (χ0) is 19.2. The molecule has 0 radical (unpaired) electrons. The lowest BCUT2D eigenvalue weighted by Crippen LogP contribution is -2.44. The molecule has 1 aliphatic heterocycles. The minimum absolute atomic E-state index is 0.0516. The van der Waals surface area contributed by atoms with Gasteiger partial charge >= 0.3 is 0 Å². The Morgan fingerprint density at radius 3 is 2.37 bits per heavy atom. The number of nitrogens with zero attached hydrogens (tertiary/aromatic N) is 2. The Hall–Kier alpha value is -2.37. The number of benzene rings is 2. The summed E-state index contributed by atoms with van der Waals surface area (Å²) in [6, 6.07) is 16.1. The molecule has 2 aromatic rings. The first-order valence-corrected chi connectivity index (χ1v) is 9.57. The van der Waals surface area contributed by atoms with Crippen molar-refractivity contribution >= 4 is 29.1 Å². The predicted molar refractivity (Wildman–Crippen MR) is 108 cm³/mol. The quantitative estimate of drug-likeness (QED) is 0.876. The number of nitrogens with one attached hydrogen (secondary N) is 1. The van der Waals surface area contributed by atoms with Crippen molar-refractivity contribution in [1.29, 1.82) is 0 Å². The summed E-state index contributed by atoms with van der Waals surface area (Å²) in [4.78, 5) is 29.2. The van der Waals surface area contributed by atoms with Gasteiger partial charge in [-0.3, -0.25) is 14.5 Å². The first-order valence-electron chi connectivity index (χ1n) is 9.19. The van der Waals surface area contributed by atoms with Gasteiger partial charge in [0.2, 0.25) is 5.91 Å². The van der Waals surface area contributed by atoms with Crippen LogP contribution in [0.2, 0.25) is 5.02 Å².